The SMILES string of the molecule is Cc1ccc(S(=O)(=O)OCC2OC(n3ccc(N)nc3=O)CC2O)cc1. The van der Waals surface area contributed by atoms with Gasteiger partial charge >= 0.3 is 5.69 Å². The van der Waals surface area contributed by atoms with Crippen LogP contribution in [0.4, 0.5) is 5.82 Å². The molecule has 0 amide bonds. The lowest BCUT2D eigenvalue weighted by atomic mass is 10.2. The summed E-state index contributed by atoms with van der Waals surface area (Å²) < 4.78 is 36.2. The fourth-order valence-electron chi connectivity index (χ4n) is 2.61. The Balaban J connectivity index is 1.67. The van der Waals surface area contributed by atoms with Gasteiger partial charge in [-0.2, -0.15) is 13.4 Å². The molecular weight excluding hydrogens is 362 g/mol. The molecule has 9 nitrogen and oxygen atoms in total. The van der Waals surface area contributed by atoms with Gasteiger partial charge in [0.25, 0.3) is 10.1 Å². The van der Waals surface area contributed by atoms with E-state index in [0.717, 1.165) is 5.56 Å². The van der Waals surface area contributed by atoms with E-state index in [1.54, 1.807) is 12.1 Å². The molecule has 2 aromatic rings. The van der Waals surface area contributed by atoms with Gasteiger partial charge in [-0.1, -0.05) is 17.7 Å². The summed E-state index contributed by atoms with van der Waals surface area (Å²) in [7, 11) is -3.97. The number of ether oxygens (including phenoxy) is 1. The largest absolute Gasteiger partial charge is 0.390 e. The second-order valence-corrected chi connectivity index (χ2v) is 7.64. The van der Waals surface area contributed by atoms with Gasteiger partial charge in [-0.25, -0.2) is 4.79 Å². The average Bonchev–Trinajstić information content (AvgIpc) is 2.94. The molecule has 10 heteroatoms. The first-order valence-electron chi connectivity index (χ1n) is 7.90. The van der Waals surface area contributed by atoms with Crippen molar-refractivity contribution in [2.45, 2.75) is 36.7 Å². The standard InChI is InChI=1S/C16H19N3O6S/c1-10-2-4-11(5-3-10)26(22,23)24-9-13-12(20)8-15(25-13)19-7-6-14(17)18-16(19)21/h2-7,12-13,15,20H,8-9H2,1H3,(H2,17,18,21). The van der Waals surface area contributed by atoms with Gasteiger partial charge in [0.2, 0.25) is 0 Å². The number of rotatable bonds is 5. The summed E-state index contributed by atoms with van der Waals surface area (Å²) in [5.74, 6) is 0.0777. The lowest BCUT2D eigenvalue weighted by Gasteiger charge is -2.16. The highest BCUT2D eigenvalue weighted by atomic mass is 32.2. The number of aromatic nitrogens is 2. The molecule has 3 rings (SSSR count). The minimum Gasteiger partial charge on any atom is -0.390 e. The molecule has 140 valence electrons. The maximum absolute atomic E-state index is 12.2. The third-order valence-electron chi connectivity index (χ3n) is 4.06. The van der Waals surface area contributed by atoms with E-state index in [4.69, 9.17) is 14.7 Å². The van der Waals surface area contributed by atoms with E-state index in [1.807, 2.05) is 6.92 Å². The number of aryl methyl sites for hydroxylation is 1. The van der Waals surface area contributed by atoms with Crippen molar-refractivity contribution >= 4 is 15.9 Å². The van der Waals surface area contributed by atoms with Crippen LogP contribution in [0.5, 0.6) is 0 Å². The molecule has 0 spiro atoms. The van der Waals surface area contributed by atoms with Crippen LogP contribution >= 0.6 is 0 Å². The second-order valence-electron chi connectivity index (χ2n) is 6.03. The van der Waals surface area contributed by atoms with E-state index in [0.29, 0.717) is 0 Å². The maximum atomic E-state index is 12.2. The summed E-state index contributed by atoms with van der Waals surface area (Å²) >= 11 is 0. The molecule has 1 aromatic carbocycles. The fraction of sp³-hybridized carbons (Fsp3) is 0.375. The Labute approximate surface area is 150 Å². The predicted molar refractivity (Wildman–Crippen MR) is 91.8 cm³/mol. The van der Waals surface area contributed by atoms with Gasteiger partial charge in [0.1, 0.15) is 18.1 Å². The van der Waals surface area contributed by atoms with Crippen LogP contribution in [-0.4, -0.2) is 41.9 Å². The molecule has 3 N–H and O–H groups in total. The predicted octanol–water partition coefficient (Wildman–Crippen LogP) is 0.188. The Hall–Kier alpha value is -2.27. The van der Waals surface area contributed by atoms with Crippen molar-refractivity contribution in [3.8, 4) is 0 Å². The van der Waals surface area contributed by atoms with Crippen molar-refractivity contribution in [3.63, 3.8) is 0 Å². The summed E-state index contributed by atoms with van der Waals surface area (Å²) in [4.78, 5) is 15.5. The van der Waals surface area contributed by atoms with Crippen LogP contribution in [0.2, 0.25) is 0 Å². The number of nitrogens with two attached hydrogens (primary N) is 1. The summed E-state index contributed by atoms with van der Waals surface area (Å²) in [6.07, 6.45) is -1.15. The zero-order valence-corrected chi connectivity index (χ0v) is 14.8. The van der Waals surface area contributed by atoms with Gasteiger partial charge in [-0.15, -0.1) is 0 Å². The first-order valence-corrected chi connectivity index (χ1v) is 9.31. The molecule has 3 atom stereocenters. The molecule has 1 fully saturated rings. The molecular formula is C16H19N3O6S. The van der Waals surface area contributed by atoms with E-state index in [2.05, 4.69) is 4.98 Å². The van der Waals surface area contributed by atoms with E-state index in [1.165, 1.54) is 29.0 Å². The molecule has 1 aromatic heterocycles. The highest BCUT2D eigenvalue weighted by molar-refractivity contribution is 7.86. The number of hydrogen-bond acceptors (Lipinski definition) is 8. The Morgan fingerprint density at radius 2 is 2.04 bits per heavy atom. The third-order valence-corrected chi connectivity index (χ3v) is 5.36. The molecule has 0 saturated carbocycles. The molecule has 1 aliphatic rings. The molecule has 0 bridgehead atoms. The second kappa shape index (κ2) is 7.16. The van der Waals surface area contributed by atoms with Gasteiger partial charge in [0, 0.05) is 12.6 Å². The fourth-order valence-corrected chi connectivity index (χ4v) is 3.53. The van der Waals surface area contributed by atoms with Crippen LogP contribution < -0.4 is 11.4 Å². The lowest BCUT2D eigenvalue weighted by Crippen LogP contribution is -2.29. The molecule has 1 aliphatic heterocycles. The minimum atomic E-state index is -3.97. The van der Waals surface area contributed by atoms with Crippen LogP contribution in [0.25, 0.3) is 0 Å². The van der Waals surface area contributed by atoms with E-state index >= 15 is 0 Å². The van der Waals surface area contributed by atoms with Crippen molar-refractivity contribution < 1.29 is 22.4 Å². The van der Waals surface area contributed by atoms with E-state index in [9.17, 15) is 18.3 Å². The monoisotopic (exact) mass is 381 g/mol. The average molecular weight is 381 g/mol. The van der Waals surface area contributed by atoms with Crippen molar-refractivity contribution in [3.05, 3.63) is 52.6 Å². The molecule has 26 heavy (non-hydrogen) atoms. The normalized spacial score (nSPS) is 23.2. The number of aliphatic hydroxyl groups excluding tert-OH is 1. The van der Waals surface area contributed by atoms with Crippen molar-refractivity contribution in [2.75, 3.05) is 12.3 Å². The van der Waals surface area contributed by atoms with Gasteiger partial charge in [0.05, 0.1) is 17.6 Å². The quantitative estimate of drug-likeness (QED) is 0.701. The Morgan fingerprint density at radius 3 is 2.69 bits per heavy atom. The van der Waals surface area contributed by atoms with Crippen molar-refractivity contribution in [2.24, 2.45) is 0 Å². The number of nitrogens with zero attached hydrogens (tertiary/aromatic N) is 2. The van der Waals surface area contributed by atoms with Gasteiger partial charge in [-0.05, 0) is 25.1 Å². The first-order chi connectivity index (χ1) is 12.3. The molecule has 0 radical (unpaired) electrons. The van der Waals surface area contributed by atoms with Crippen LogP contribution in [0.3, 0.4) is 0 Å². The van der Waals surface area contributed by atoms with Crippen molar-refractivity contribution in [1.29, 1.82) is 0 Å². The van der Waals surface area contributed by atoms with Gasteiger partial charge < -0.3 is 15.6 Å². The number of benzene rings is 1. The number of nitrogen functional groups attached to an aromatic ring is 1. The number of hydrogen-bond donors (Lipinski definition) is 2. The molecule has 1 saturated heterocycles. The minimum absolute atomic E-state index is 0.0195. The highest BCUT2D eigenvalue weighted by Crippen LogP contribution is 2.28. The van der Waals surface area contributed by atoms with Crippen LogP contribution in [-0.2, 0) is 19.0 Å². The smallest absolute Gasteiger partial charge is 0.351 e. The molecule has 3 unspecified atom stereocenters. The Bertz CT molecular complexity index is 941. The Morgan fingerprint density at radius 1 is 1.35 bits per heavy atom. The van der Waals surface area contributed by atoms with Gasteiger partial charge in [-0.3, -0.25) is 8.75 Å². The number of aliphatic hydroxyl groups is 1. The summed E-state index contributed by atoms with van der Waals surface area (Å²) in [6.45, 7) is 1.47. The highest BCUT2D eigenvalue weighted by Gasteiger charge is 2.36. The lowest BCUT2D eigenvalue weighted by molar-refractivity contribution is -0.0399. The van der Waals surface area contributed by atoms with Crippen LogP contribution in [0.1, 0.15) is 18.2 Å². The van der Waals surface area contributed by atoms with Crippen LogP contribution in [0, 0.1) is 6.92 Å². The summed E-state index contributed by atoms with van der Waals surface area (Å²) in [6, 6.07) is 7.64. The van der Waals surface area contributed by atoms with E-state index in [-0.39, 0.29) is 23.7 Å². The zero-order valence-electron chi connectivity index (χ0n) is 14.0. The Kier molecular flexibility index (Phi) is 5.10. The van der Waals surface area contributed by atoms with Crippen molar-refractivity contribution in [1.82, 2.24) is 9.55 Å². The molecule has 2 heterocycles. The first kappa shape index (κ1) is 18.5. The third kappa shape index (κ3) is 3.93. The topological polar surface area (TPSA) is 134 Å². The maximum Gasteiger partial charge on any atom is 0.351 e. The summed E-state index contributed by atoms with van der Waals surface area (Å²) in [5.41, 5.74) is 5.75. The van der Waals surface area contributed by atoms with Gasteiger partial charge in [0.15, 0.2) is 0 Å². The van der Waals surface area contributed by atoms with E-state index < -0.39 is 34.2 Å². The summed E-state index contributed by atoms with van der Waals surface area (Å²) in [5, 5.41) is 10.1. The zero-order chi connectivity index (χ0) is 18.9. The molecule has 0 aliphatic carbocycles. The number of anilines is 1. The van der Waals surface area contributed by atoms with Crippen LogP contribution in [0.15, 0.2) is 46.2 Å².